The second-order valence-corrected chi connectivity index (χ2v) is 7.49. The molecule has 7 heteroatoms. The summed E-state index contributed by atoms with van der Waals surface area (Å²) in [6.45, 7) is 2.62. The van der Waals surface area contributed by atoms with Crippen LogP contribution in [0.15, 0.2) is 30.3 Å². The van der Waals surface area contributed by atoms with Gasteiger partial charge in [0.05, 0.1) is 5.92 Å². The van der Waals surface area contributed by atoms with Gasteiger partial charge in [-0.3, -0.25) is 14.4 Å². The molecule has 2 aliphatic heterocycles. The van der Waals surface area contributed by atoms with Crippen molar-refractivity contribution in [2.75, 3.05) is 39.3 Å². The molecule has 27 heavy (non-hydrogen) atoms. The molecule has 144 valence electrons. The Bertz CT molecular complexity index is 711. The summed E-state index contributed by atoms with van der Waals surface area (Å²) in [6, 6.07) is 9.63. The van der Waals surface area contributed by atoms with Gasteiger partial charge in [-0.2, -0.15) is 0 Å². The number of benzene rings is 1. The Morgan fingerprint density at radius 3 is 2.33 bits per heavy atom. The molecule has 1 saturated carbocycles. The molecule has 0 unspecified atom stereocenters. The largest absolute Gasteiger partial charge is 0.484 e. The predicted molar refractivity (Wildman–Crippen MR) is 97.9 cm³/mol. The van der Waals surface area contributed by atoms with Crippen LogP contribution in [-0.4, -0.2) is 77.8 Å². The first-order valence-corrected chi connectivity index (χ1v) is 9.65. The quantitative estimate of drug-likeness (QED) is 0.766. The summed E-state index contributed by atoms with van der Waals surface area (Å²) < 4.78 is 5.51. The lowest BCUT2D eigenvalue weighted by atomic mass is 10.1. The van der Waals surface area contributed by atoms with Gasteiger partial charge in [-0.1, -0.05) is 18.2 Å². The predicted octanol–water partition coefficient (Wildman–Crippen LogP) is 0.747. The Kier molecular flexibility index (Phi) is 5.01. The molecule has 0 aromatic heterocycles. The molecule has 3 amide bonds. The van der Waals surface area contributed by atoms with Gasteiger partial charge in [0.1, 0.15) is 5.75 Å². The highest BCUT2D eigenvalue weighted by Gasteiger charge is 2.43. The van der Waals surface area contributed by atoms with E-state index in [-0.39, 0.29) is 30.2 Å². The summed E-state index contributed by atoms with van der Waals surface area (Å²) >= 11 is 0. The third-order valence-corrected chi connectivity index (χ3v) is 5.54. The molecule has 4 rings (SSSR count). The van der Waals surface area contributed by atoms with Crippen molar-refractivity contribution in [1.29, 1.82) is 0 Å². The molecule has 2 saturated heterocycles. The lowest BCUT2D eigenvalue weighted by molar-refractivity contribution is -0.142. The Balaban J connectivity index is 1.23. The number of nitrogens with zero attached hydrogens (tertiary/aromatic N) is 3. The fourth-order valence-electron chi connectivity index (χ4n) is 3.82. The maximum atomic E-state index is 12.7. The van der Waals surface area contributed by atoms with Crippen molar-refractivity contribution >= 4 is 17.7 Å². The van der Waals surface area contributed by atoms with Crippen molar-refractivity contribution in [3.8, 4) is 5.75 Å². The minimum absolute atomic E-state index is 0.00539. The van der Waals surface area contributed by atoms with Gasteiger partial charge in [0, 0.05) is 45.2 Å². The van der Waals surface area contributed by atoms with Crippen LogP contribution < -0.4 is 4.74 Å². The van der Waals surface area contributed by atoms with Crippen LogP contribution in [0.25, 0.3) is 0 Å². The molecule has 7 nitrogen and oxygen atoms in total. The van der Waals surface area contributed by atoms with Gasteiger partial charge in [0.2, 0.25) is 11.8 Å². The van der Waals surface area contributed by atoms with E-state index in [9.17, 15) is 14.4 Å². The Labute approximate surface area is 158 Å². The third kappa shape index (κ3) is 4.07. The van der Waals surface area contributed by atoms with Crippen molar-refractivity contribution in [3.63, 3.8) is 0 Å². The van der Waals surface area contributed by atoms with E-state index in [0.29, 0.717) is 50.9 Å². The van der Waals surface area contributed by atoms with Crippen LogP contribution in [0.4, 0.5) is 0 Å². The topological polar surface area (TPSA) is 70.2 Å². The normalized spacial score (nSPS) is 22.9. The molecular formula is C20H25N3O4. The smallest absolute Gasteiger partial charge is 0.260 e. The Morgan fingerprint density at radius 1 is 1.00 bits per heavy atom. The lowest BCUT2D eigenvalue weighted by Gasteiger charge is -2.35. The summed E-state index contributed by atoms with van der Waals surface area (Å²) in [4.78, 5) is 42.5. The van der Waals surface area contributed by atoms with Gasteiger partial charge in [-0.25, -0.2) is 0 Å². The average Bonchev–Trinajstić information content (AvgIpc) is 3.48. The zero-order valence-electron chi connectivity index (χ0n) is 15.4. The molecule has 0 radical (unpaired) electrons. The van der Waals surface area contributed by atoms with Gasteiger partial charge in [0.15, 0.2) is 6.61 Å². The number of rotatable bonds is 5. The van der Waals surface area contributed by atoms with Crippen LogP contribution in [-0.2, 0) is 14.4 Å². The number of likely N-dealkylation sites (tertiary alicyclic amines) is 1. The van der Waals surface area contributed by atoms with Crippen LogP contribution in [0.2, 0.25) is 0 Å². The zero-order valence-corrected chi connectivity index (χ0v) is 15.4. The molecule has 3 aliphatic rings. The SMILES string of the molecule is O=C(COc1ccccc1)N1CCN(C(=O)[C@@H]2CC(=O)N(C3CC3)C2)CC1. The fourth-order valence-corrected chi connectivity index (χ4v) is 3.82. The average molecular weight is 371 g/mol. The Morgan fingerprint density at radius 2 is 1.67 bits per heavy atom. The van der Waals surface area contributed by atoms with Crippen LogP contribution in [0.3, 0.4) is 0 Å². The van der Waals surface area contributed by atoms with Crippen molar-refractivity contribution < 1.29 is 19.1 Å². The first-order chi connectivity index (χ1) is 13.1. The molecule has 1 aliphatic carbocycles. The molecule has 0 spiro atoms. The fraction of sp³-hybridized carbons (Fsp3) is 0.550. The number of carbonyl (C=O) groups is 3. The van der Waals surface area contributed by atoms with Gasteiger partial charge in [-0.15, -0.1) is 0 Å². The summed E-state index contributed by atoms with van der Waals surface area (Å²) in [7, 11) is 0. The van der Waals surface area contributed by atoms with E-state index in [1.165, 1.54) is 0 Å². The molecule has 0 bridgehead atoms. The van der Waals surface area contributed by atoms with Gasteiger partial charge in [0.25, 0.3) is 5.91 Å². The summed E-state index contributed by atoms with van der Waals surface area (Å²) in [5.74, 6) is 0.552. The summed E-state index contributed by atoms with van der Waals surface area (Å²) in [6.07, 6.45) is 2.47. The van der Waals surface area contributed by atoms with Crippen molar-refractivity contribution in [2.24, 2.45) is 5.92 Å². The van der Waals surface area contributed by atoms with E-state index in [4.69, 9.17) is 4.74 Å². The highest BCUT2D eigenvalue weighted by Crippen LogP contribution is 2.33. The van der Waals surface area contributed by atoms with Crippen molar-refractivity contribution in [1.82, 2.24) is 14.7 Å². The van der Waals surface area contributed by atoms with Gasteiger partial charge >= 0.3 is 0 Å². The Hall–Kier alpha value is -2.57. The van der Waals surface area contributed by atoms with E-state index in [2.05, 4.69) is 0 Å². The molecule has 1 aromatic carbocycles. The number of carbonyl (C=O) groups excluding carboxylic acids is 3. The van der Waals surface area contributed by atoms with Gasteiger partial charge < -0.3 is 19.4 Å². The van der Waals surface area contributed by atoms with E-state index >= 15 is 0 Å². The standard InChI is InChI=1S/C20H25N3O4/c24-18-12-15(13-23(18)16-6-7-16)20(26)22-10-8-21(9-11-22)19(25)14-27-17-4-2-1-3-5-17/h1-5,15-16H,6-14H2/t15-/m1/s1. The molecule has 0 N–H and O–H groups in total. The van der Waals surface area contributed by atoms with Gasteiger partial charge in [-0.05, 0) is 25.0 Å². The van der Waals surface area contributed by atoms with E-state index in [0.717, 1.165) is 12.8 Å². The number of hydrogen-bond acceptors (Lipinski definition) is 4. The van der Waals surface area contributed by atoms with E-state index < -0.39 is 0 Å². The first kappa shape index (κ1) is 17.8. The lowest BCUT2D eigenvalue weighted by Crippen LogP contribution is -2.53. The monoisotopic (exact) mass is 371 g/mol. The number of amides is 3. The molecule has 1 aromatic rings. The summed E-state index contributed by atoms with van der Waals surface area (Å²) in [5, 5.41) is 0. The van der Waals surface area contributed by atoms with E-state index in [1.807, 2.05) is 35.2 Å². The van der Waals surface area contributed by atoms with Crippen LogP contribution in [0, 0.1) is 5.92 Å². The highest BCUT2D eigenvalue weighted by atomic mass is 16.5. The maximum Gasteiger partial charge on any atom is 0.260 e. The van der Waals surface area contributed by atoms with Crippen LogP contribution >= 0.6 is 0 Å². The molecule has 2 heterocycles. The highest BCUT2D eigenvalue weighted by molar-refractivity contribution is 5.89. The second kappa shape index (κ2) is 7.58. The number of piperazine rings is 1. The molecule has 3 fully saturated rings. The van der Waals surface area contributed by atoms with Crippen molar-refractivity contribution in [3.05, 3.63) is 30.3 Å². The first-order valence-electron chi connectivity index (χ1n) is 9.65. The molecular weight excluding hydrogens is 346 g/mol. The second-order valence-electron chi connectivity index (χ2n) is 7.49. The van der Waals surface area contributed by atoms with Crippen LogP contribution in [0.1, 0.15) is 19.3 Å². The summed E-state index contributed by atoms with van der Waals surface area (Å²) in [5.41, 5.74) is 0. The minimum atomic E-state index is -0.221. The molecule has 1 atom stereocenters. The third-order valence-electron chi connectivity index (χ3n) is 5.54. The van der Waals surface area contributed by atoms with E-state index in [1.54, 1.807) is 9.80 Å². The van der Waals surface area contributed by atoms with Crippen molar-refractivity contribution in [2.45, 2.75) is 25.3 Å². The maximum absolute atomic E-state index is 12.7. The number of ether oxygens (including phenoxy) is 1. The van der Waals surface area contributed by atoms with Crippen LogP contribution in [0.5, 0.6) is 5.75 Å². The minimum Gasteiger partial charge on any atom is -0.484 e. The number of hydrogen-bond donors (Lipinski definition) is 0. The number of para-hydroxylation sites is 1. The zero-order chi connectivity index (χ0) is 18.8.